The fraction of sp³-hybridized carbons (Fsp3) is 0.902. The Bertz CT molecular complexity index is 2060. The van der Waals surface area contributed by atoms with E-state index in [4.69, 9.17) is 37.0 Å². The Morgan fingerprint density at radius 3 is 0.832 bits per heavy atom. The third-order valence-electron chi connectivity index (χ3n) is 19.6. The minimum Gasteiger partial charge on any atom is -0.462 e. The maximum atomic E-state index is 13.1. The van der Waals surface area contributed by atoms with Crippen molar-refractivity contribution in [2.24, 2.45) is 17.8 Å². The van der Waals surface area contributed by atoms with E-state index in [0.29, 0.717) is 25.7 Å². The van der Waals surface area contributed by atoms with E-state index in [1.807, 2.05) is 0 Å². The summed E-state index contributed by atoms with van der Waals surface area (Å²) in [5.74, 6) is 0.257. The number of ether oxygens (including phenoxy) is 4. The molecule has 17 nitrogen and oxygen atoms in total. The van der Waals surface area contributed by atoms with Crippen molar-refractivity contribution in [3.8, 4) is 0 Å². The van der Waals surface area contributed by atoms with Crippen LogP contribution in [0.4, 0.5) is 0 Å². The lowest BCUT2D eigenvalue weighted by molar-refractivity contribution is -0.161. The normalized spacial score (nSPS) is 14.9. The molecular weight excluding hydrogens is 1320 g/mol. The molecule has 8 atom stereocenters. The fourth-order valence-electron chi connectivity index (χ4n) is 12.0. The first kappa shape index (κ1) is 98.5. The summed E-state index contributed by atoms with van der Waals surface area (Å²) in [6.07, 6.45) is 63.2. The van der Waals surface area contributed by atoms with Crippen LogP contribution >= 0.6 is 15.6 Å². The van der Waals surface area contributed by atoms with Crippen LogP contribution in [-0.2, 0) is 65.4 Å². The molecule has 101 heavy (non-hydrogen) atoms. The number of carbonyl (C=O) groups excluding carboxylic acids is 4. The second kappa shape index (κ2) is 71.8. The zero-order chi connectivity index (χ0) is 74.4. The van der Waals surface area contributed by atoms with E-state index >= 15 is 0 Å². The molecule has 0 amide bonds. The van der Waals surface area contributed by atoms with Gasteiger partial charge in [0, 0.05) is 25.7 Å². The Hall–Kier alpha value is -2.46. The van der Waals surface area contributed by atoms with Gasteiger partial charge >= 0.3 is 39.5 Å². The largest absolute Gasteiger partial charge is 0.472 e. The Kier molecular flexibility index (Phi) is 70.0. The molecule has 596 valence electrons. The first-order valence-corrected chi connectivity index (χ1v) is 44.8. The molecule has 0 spiro atoms. The standard InChI is InChI=1S/C82H156O17P2/c1-8-12-13-14-15-16-17-18-23-27-30-36-41-49-56-63-79(84)92-69-77(98-81(86)65-58-51-42-37-31-28-25-22-20-19-21-24-26-29-34-39-46-53-60-73(5)9-2)71-96-100(88,89)94-67-76(83)68-95-101(90,91)97-72-78(70-93-80(85)64-57-50-45-44-48-55-62-75(7)11-4)99-82(87)66-59-52-43-38-33-32-35-40-47-54-61-74(6)10-3/h16-18,23,73-78,83H,8-15,19-22,24-72H2,1-7H3,(H,88,89)(H,90,91)/b17-16-,23-18-/t73?,74?,75?,76-,77-,78-/m1/s1. The molecule has 0 aromatic rings. The minimum absolute atomic E-state index is 0.101. The molecule has 0 aromatic carbocycles. The molecule has 5 unspecified atom stereocenters. The summed E-state index contributed by atoms with van der Waals surface area (Å²) in [6.45, 7) is 11.9. The molecule has 0 saturated heterocycles. The van der Waals surface area contributed by atoms with E-state index in [-0.39, 0.29) is 25.7 Å². The summed E-state index contributed by atoms with van der Waals surface area (Å²) >= 11 is 0. The second-order valence-electron chi connectivity index (χ2n) is 29.6. The third kappa shape index (κ3) is 71.6. The van der Waals surface area contributed by atoms with Gasteiger partial charge < -0.3 is 33.8 Å². The highest BCUT2D eigenvalue weighted by molar-refractivity contribution is 7.47. The Balaban J connectivity index is 5.26. The number of aliphatic hydroxyl groups is 1. The number of phosphoric acid groups is 2. The number of rotatable bonds is 78. The lowest BCUT2D eigenvalue weighted by Gasteiger charge is -2.21. The lowest BCUT2D eigenvalue weighted by Crippen LogP contribution is -2.30. The predicted octanol–water partition coefficient (Wildman–Crippen LogP) is 24.1. The number of esters is 4. The van der Waals surface area contributed by atoms with Crippen molar-refractivity contribution in [3.63, 3.8) is 0 Å². The Morgan fingerprint density at radius 2 is 0.554 bits per heavy atom. The molecule has 0 fully saturated rings. The summed E-state index contributed by atoms with van der Waals surface area (Å²) < 4.78 is 68.7. The average Bonchev–Trinajstić information content (AvgIpc) is 0.947. The summed E-state index contributed by atoms with van der Waals surface area (Å²) in [5, 5.41) is 10.6. The van der Waals surface area contributed by atoms with Crippen LogP contribution in [0.15, 0.2) is 24.3 Å². The maximum Gasteiger partial charge on any atom is 0.472 e. The number of phosphoric ester groups is 2. The highest BCUT2D eigenvalue weighted by Gasteiger charge is 2.30. The van der Waals surface area contributed by atoms with Gasteiger partial charge in [-0.3, -0.25) is 37.3 Å². The van der Waals surface area contributed by atoms with E-state index in [1.165, 1.54) is 186 Å². The third-order valence-corrected chi connectivity index (χ3v) is 21.5. The second-order valence-corrected chi connectivity index (χ2v) is 32.5. The zero-order valence-corrected chi connectivity index (χ0v) is 67.6. The van der Waals surface area contributed by atoms with E-state index < -0.39 is 97.5 Å². The van der Waals surface area contributed by atoms with Crippen molar-refractivity contribution in [1.29, 1.82) is 0 Å². The molecule has 0 rings (SSSR count). The van der Waals surface area contributed by atoms with Crippen molar-refractivity contribution in [1.82, 2.24) is 0 Å². The molecule has 0 heterocycles. The molecular formula is C82H156O17P2. The first-order valence-electron chi connectivity index (χ1n) is 41.8. The van der Waals surface area contributed by atoms with Gasteiger partial charge in [-0.15, -0.1) is 0 Å². The van der Waals surface area contributed by atoms with Crippen molar-refractivity contribution < 1.29 is 80.2 Å². The molecule has 19 heteroatoms. The molecule has 0 radical (unpaired) electrons. The Labute approximate surface area is 618 Å². The van der Waals surface area contributed by atoms with E-state index in [9.17, 15) is 43.2 Å². The van der Waals surface area contributed by atoms with Crippen LogP contribution in [0.1, 0.15) is 402 Å². The van der Waals surface area contributed by atoms with Gasteiger partial charge in [0.05, 0.1) is 26.4 Å². The molecule has 0 aliphatic heterocycles. The monoisotopic (exact) mass is 1480 g/mol. The van der Waals surface area contributed by atoms with Crippen LogP contribution in [0.25, 0.3) is 0 Å². The van der Waals surface area contributed by atoms with Crippen LogP contribution in [0, 0.1) is 17.8 Å². The van der Waals surface area contributed by atoms with Gasteiger partial charge in [-0.2, -0.15) is 0 Å². The van der Waals surface area contributed by atoms with Gasteiger partial charge in [-0.25, -0.2) is 9.13 Å². The van der Waals surface area contributed by atoms with Gasteiger partial charge in [0.15, 0.2) is 12.2 Å². The van der Waals surface area contributed by atoms with Crippen molar-refractivity contribution in [2.45, 2.75) is 420 Å². The summed E-state index contributed by atoms with van der Waals surface area (Å²) in [4.78, 5) is 73.0. The van der Waals surface area contributed by atoms with Gasteiger partial charge in [-0.05, 0) is 69.1 Å². The van der Waals surface area contributed by atoms with Crippen LogP contribution in [0.2, 0.25) is 0 Å². The minimum atomic E-state index is -4.97. The van der Waals surface area contributed by atoms with Gasteiger partial charge in [0.2, 0.25) is 0 Å². The molecule has 0 saturated carbocycles. The molecule has 0 aliphatic carbocycles. The number of unbranched alkanes of at least 4 members (excludes halogenated alkanes) is 40. The molecule has 0 aromatic heterocycles. The lowest BCUT2D eigenvalue weighted by atomic mass is 9.99. The van der Waals surface area contributed by atoms with E-state index in [1.54, 1.807) is 0 Å². The first-order chi connectivity index (χ1) is 48.8. The predicted molar refractivity (Wildman–Crippen MR) is 414 cm³/mol. The van der Waals surface area contributed by atoms with E-state index in [2.05, 4.69) is 72.8 Å². The highest BCUT2D eigenvalue weighted by Crippen LogP contribution is 2.45. The highest BCUT2D eigenvalue weighted by atomic mass is 31.2. The smallest absolute Gasteiger partial charge is 0.462 e. The number of hydrogen-bond donors (Lipinski definition) is 3. The topological polar surface area (TPSA) is 237 Å². The number of hydrogen-bond acceptors (Lipinski definition) is 15. The molecule has 0 aliphatic rings. The number of carbonyl (C=O) groups is 4. The van der Waals surface area contributed by atoms with E-state index in [0.717, 1.165) is 133 Å². The molecule has 0 bridgehead atoms. The van der Waals surface area contributed by atoms with Crippen LogP contribution in [0.5, 0.6) is 0 Å². The quantitative estimate of drug-likeness (QED) is 0.0169. The average molecular weight is 1480 g/mol. The van der Waals surface area contributed by atoms with Crippen LogP contribution in [-0.4, -0.2) is 96.7 Å². The van der Waals surface area contributed by atoms with Crippen molar-refractivity contribution >= 4 is 39.5 Å². The fourth-order valence-corrected chi connectivity index (χ4v) is 13.6. The summed E-state index contributed by atoms with van der Waals surface area (Å²) in [5.41, 5.74) is 0. The van der Waals surface area contributed by atoms with Gasteiger partial charge in [0.1, 0.15) is 19.3 Å². The van der Waals surface area contributed by atoms with Crippen LogP contribution in [0.3, 0.4) is 0 Å². The van der Waals surface area contributed by atoms with Gasteiger partial charge in [0.25, 0.3) is 0 Å². The SMILES string of the molecule is CCCCCC/C=C\C=C/CCCCCCCC(=O)OC[C@H](COP(=O)(O)OC[C@@H](O)COP(=O)(O)OC[C@@H](COC(=O)CCCCCCCCC(C)CC)OC(=O)CCCCCCCCCCCCC(C)CC)OC(=O)CCCCCCCCCCCCCCCCCCCCC(C)CC. The van der Waals surface area contributed by atoms with Crippen LogP contribution < -0.4 is 0 Å². The Morgan fingerprint density at radius 1 is 0.317 bits per heavy atom. The van der Waals surface area contributed by atoms with Crippen molar-refractivity contribution in [2.75, 3.05) is 39.6 Å². The summed E-state index contributed by atoms with van der Waals surface area (Å²) in [7, 11) is -9.93. The zero-order valence-electron chi connectivity index (χ0n) is 65.9. The number of allylic oxidation sites excluding steroid dienone is 4. The van der Waals surface area contributed by atoms with Crippen molar-refractivity contribution in [3.05, 3.63) is 24.3 Å². The van der Waals surface area contributed by atoms with Gasteiger partial charge in [-0.1, -0.05) is 349 Å². The maximum absolute atomic E-state index is 13.1. The molecule has 3 N–H and O–H groups in total. The summed E-state index contributed by atoms with van der Waals surface area (Å²) in [6, 6.07) is 0. The number of aliphatic hydroxyl groups excluding tert-OH is 1.